The van der Waals surface area contributed by atoms with Crippen LogP contribution < -0.4 is 4.74 Å². The van der Waals surface area contributed by atoms with Gasteiger partial charge in [0.15, 0.2) is 0 Å². The monoisotopic (exact) mass is 212 g/mol. The molecule has 0 unspecified atom stereocenters. The van der Waals surface area contributed by atoms with E-state index in [1.807, 2.05) is 13.8 Å². The van der Waals surface area contributed by atoms with Gasteiger partial charge >= 0.3 is 5.97 Å². The summed E-state index contributed by atoms with van der Waals surface area (Å²) in [5.41, 5.74) is 0.371. The Morgan fingerprint density at radius 3 is 2.47 bits per heavy atom. The van der Waals surface area contributed by atoms with Crippen molar-refractivity contribution in [1.29, 1.82) is 0 Å². The molecular formula is C11H13FO3. The fourth-order valence-electron chi connectivity index (χ4n) is 1.36. The number of halogens is 1. The van der Waals surface area contributed by atoms with Gasteiger partial charge < -0.3 is 9.84 Å². The number of rotatable bonds is 3. The third kappa shape index (κ3) is 2.26. The Hall–Kier alpha value is -1.58. The second-order valence-corrected chi connectivity index (χ2v) is 3.53. The lowest BCUT2D eigenvalue weighted by molar-refractivity contribution is 0.0691. The molecule has 1 aromatic rings. The summed E-state index contributed by atoms with van der Waals surface area (Å²) < 4.78 is 18.3. The summed E-state index contributed by atoms with van der Waals surface area (Å²) in [6, 6.07) is 2.43. The molecule has 1 N–H and O–H groups in total. The number of methoxy groups -OCH3 is 1. The maximum absolute atomic E-state index is 13.3. The molecule has 15 heavy (non-hydrogen) atoms. The quantitative estimate of drug-likeness (QED) is 0.837. The van der Waals surface area contributed by atoms with Crippen LogP contribution in [0.4, 0.5) is 4.39 Å². The minimum atomic E-state index is -1.27. The molecule has 0 heterocycles. The Morgan fingerprint density at radius 2 is 2.07 bits per heavy atom. The number of hydrogen-bond acceptors (Lipinski definition) is 2. The number of hydrogen-bond donors (Lipinski definition) is 1. The molecule has 0 aliphatic carbocycles. The summed E-state index contributed by atoms with van der Waals surface area (Å²) in [6.45, 7) is 3.78. The maximum Gasteiger partial charge on any atom is 0.338 e. The number of ether oxygens (including phenoxy) is 1. The van der Waals surface area contributed by atoms with Crippen molar-refractivity contribution in [1.82, 2.24) is 0 Å². The molecule has 0 amide bonds. The van der Waals surface area contributed by atoms with E-state index in [9.17, 15) is 9.18 Å². The van der Waals surface area contributed by atoms with Crippen molar-refractivity contribution in [2.24, 2.45) is 0 Å². The molecule has 1 rings (SSSR count). The van der Waals surface area contributed by atoms with Gasteiger partial charge in [-0.25, -0.2) is 9.18 Å². The molecule has 1 aromatic carbocycles. The molecule has 0 aliphatic rings. The second-order valence-electron chi connectivity index (χ2n) is 3.53. The zero-order chi connectivity index (χ0) is 11.6. The fraction of sp³-hybridized carbons (Fsp3) is 0.364. The van der Waals surface area contributed by atoms with Crippen LogP contribution >= 0.6 is 0 Å². The van der Waals surface area contributed by atoms with Crippen LogP contribution in [0.5, 0.6) is 5.75 Å². The Balaban J connectivity index is 3.37. The minimum Gasteiger partial charge on any atom is -0.496 e. The minimum absolute atomic E-state index is 0.0821. The van der Waals surface area contributed by atoms with E-state index in [1.165, 1.54) is 13.2 Å². The van der Waals surface area contributed by atoms with Gasteiger partial charge in [-0.2, -0.15) is 0 Å². The van der Waals surface area contributed by atoms with Gasteiger partial charge in [-0.3, -0.25) is 0 Å². The van der Waals surface area contributed by atoms with Crippen molar-refractivity contribution < 1.29 is 19.0 Å². The maximum atomic E-state index is 13.3. The fourth-order valence-corrected chi connectivity index (χ4v) is 1.36. The lowest BCUT2D eigenvalue weighted by Crippen LogP contribution is -2.04. The van der Waals surface area contributed by atoms with E-state index in [0.29, 0.717) is 11.3 Å². The van der Waals surface area contributed by atoms with Crippen molar-refractivity contribution in [3.05, 3.63) is 29.1 Å². The van der Waals surface area contributed by atoms with Gasteiger partial charge in [-0.15, -0.1) is 0 Å². The normalized spacial score (nSPS) is 10.5. The average Bonchev–Trinajstić information content (AvgIpc) is 2.16. The SMILES string of the molecule is COc1cc(F)c(C(=O)O)cc1C(C)C. The molecular weight excluding hydrogens is 199 g/mol. The van der Waals surface area contributed by atoms with Gasteiger partial charge in [0, 0.05) is 6.07 Å². The van der Waals surface area contributed by atoms with E-state index >= 15 is 0 Å². The van der Waals surface area contributed by atoms with E-state index in [2.05, 4.69) is 0 Å². The highest BCUT2D eigenvalue weighted by Crippen LogP contribution is 2.29. The van der Waals surface area contributed by atoms with Crippen LogP contribution in [0, 0.1) is 5.82 Å². The molecule has 82 valence electrons. The van der Waals surface area contributed by atoms with Crippen LogP contribution in [0.3, 0.4) is 0 Å². The van der Waals surface area contributed by atoms with Gasteiger partial charge in [-0.1, -0.05) is 13.8 Å². The van der Waals surface area contributed by atoms with Crippen LogP contribution in [-0.2, 0) is 0 Å². The predicted octanol–water partition coefficient (Wildman–Crippen LogP) is 2.66. The van der Waals surface area contributed by atoms with Crippen LogP contribution in [-0.4, -0.2) is 18.2 Å². The number of aromatic carboxylic acids is 1. The van der Waals surface area contributed by atoms with E-state index in [-0.39, 0.29) is 11.5 Å². The summed E-state index contributed by atoms with van der Waals surface area (Å²) in [6.07, 6.45) is 0. The molecule has 0 bridgehead atoms. The summed E-state index contributed by atoms with van der Waals surface area (Å²) in [5, 5.41) is 8.75. The molecule has 0 aromatic heterocycles. The number of carboxylic acids is 1. The van der Waals surface area contributed by atoms with Crippen molar-refractivity contribution in [2.45, 2.75) is 19.8 Å². The Bertz CT molecular complexity index is 386. The van der Waals surface area contributed by atoms with Gasteiger partial charge in [0.25, 0.3) is 0 Å². The first-order valence-corrected chi connectivity index (χ1v) is 4.58. The molecule has 0 aliphatic heterocycles. The largest absolute Gasteiger partial charge is 0.496 e. The molecule has 0 saturated heterocycles. The number of carbonyl (C=O) groups is 1. The smallest absolute Gasteiger partial charge is 0.338 e. The van der Waals surface area contributed by atoms with E-state index < -0.39 is 11.8 Å². The first kappa shape index (κ1) is 11.5. The summed E-state index contributed by atoms with van der Waals surface area (Å²) in [5.74, 6) is -1.58. The molecule has 0 atom stereocenters. The van der Waals surface area contributed by atoms with E-state index in [4.69, 9.17) is 9.84 Å². The molecule has 0 radical (unpaired) electrons. The third-order valence-electron chi connectivity index (χ3n) is 2.17. The third-order valence-corrected chi connectivity index (χ3v) is 2.17. The predicted molar refractivity (Wildman–Crippen MR) is 54.0 cm³/mol. The zero-order valence-electron chi connectivity index (χ0n) is 8.87. The van der Waals surface area contributed by atoms with Crippen LogP contribution in [0.25, 0.3) is 0 Å². The van der Waals surface area contributed by atoms with Crippen LogP contribution in [0.2, 0.25) is 0 Å². The van der Waals surface area contributed by atoms with Crippen molar-refractivity contribution in [2.75, 3.05) is 7.11 Å². The standard InChI is InChI=1S/C11H13FO3/c1-6(2)7-4-8(11(13)14)9(12)5-10(7)15-3/h4-6H,1-3H3,(H,13,14). The highest BCUT2D eigenvalue weighted by atomic mass is 19.1. The first-order valence-electron chi connectivity index (χ1n) is 4.58. The molecule has 3 nitrogen and oxygen atoms in total. The first-order chi connectivity index (χ1) is 6.97. The van der Waals surface area contributed by atoms with Crippen LogP contribution in [0.1, 0.15) is 35.7 Å². The lowest BCUT2D eigenvalue weighted by Gasteiger charge is -2.12. The topological polar surface area (TPSA) is 46.5 Å². The Morgan fingerprint density at radius 1 is 1.47 bits per heavy atom. The summed E-state index contributed by atoms with van der Waals surface area (Å²) in [4.78, 5) is 10.7. The summed E-state index contributed by atoms with van der Waals surface area (Å²) in [7, 11) is 1.43. The van der Waals surface area contributed by atoms with Gasteiger partial charge in [0.2, 0.25) is 0 Å². The van der Waals surface area contributed by atoms with Gasteiger partial charge in [0.1, 0.15) is 11.6 Å². The van der Waals surface area contributed by atoms with Crippen LogP contribution in [0.15, 0.2) is 12.1 Å². The second kappa shape index (κ2) is 4.29. The molecule has 0 fully saturated rings. The average molecular weight is 212 g/mol. The van der Waals surface area contributed by atoms with Gasteiger partial charge in [0.05, 0.1) is 12.7 Å². The van der Waals surface area contributed by atoms with E-state index in [1.54, 1.807) is 0 Å². The zero-order valence-corrected chi connectivity index (χ0v) is 8.87. The van der Waals surface area contributed by atoms with Crippen molar-refractivity contribution in [3.8, 4) is 5.75 Å². The number of carboxylic acid groups (broad SMARTS) is 1. The molecule has 0 saturated carbocycles. The highest BCUT2D eigenvalue weighted by molar-refractivity contribution is 5.88. The number of benzene rings is 1. The molecule has 0 spiro atoms. The van der Waals surface area contributed by atoms with E-state index in [0.717, 1.165) is 6.07 Å². The van der Waals surface area contributed by atoms with Gasteiger partial charge in [-0.05, 0) is 17.5 Å². The molecule has 4 heteroatoms. The Labute approximate surface area is 87.5 Å². The highest BCUT2D eigenvalue weighted by Gasteiger charge is 2.16. The Kier molecular flexibility index (Phi) is 3.29. The summed E-state index contributed by atoms with van der Waals surface area (Å²) >= 11 is 0. The lowest BCUT2D eigenvalue weighted by atomic mass is 9.99. The van der Waals surface area contributed by atoms with Crippen molar-refractivity contribution >= 4 is 5.97 Å². The van der Waals surface area contributed by atoms with Crippen molar-refractivity contribution in [3.63, 3.8) is 0 Å².